The Balaban J connectivity index is 1.36. The van der Waals surface area contributed by atoms with E-state index < -0.39 is 0 Å². The Labute approximate surface area is 297 Å². The summed E-state index contributed by atoms with van der Waals surface area (Å²) in [5, 5.41) is 2.61. The maximum atomic E-state index is 2.46. The lowest BCUT2D eigenvalue weighted by molar-refractivity contribution is 1.28. The number of para-hydroxylation sites is 2. The van der Waals surface area contributed by atoms with Gasteiger partial charge in [0.2, 0.25) is 0 Å². The Bertz CT molecular complexity index is 2590. The van der Waals surface area contributed by atoms with Gasteiger partial charge in [-0.2, -0.15) is 0 Å². The van der Waals surface area contributed by atoms with E-state index in [-0.39, 0.29) is 0 Å². The van der Waals surface area contributed by atoms with Gasteiger partial charge in [0.1, 0.15) is 0 Å². The topological polar surface area (TPSA) is 3.24 Å². The van der Waals surface area contributed by atoms with Crippen molar-refractivity contribution in [2.75, 3.05) is 4.90 Å². The number of nitrogens with zero attached hydrogens (tertiary/aromatic N) is 1. The lowest BCUT2D eigenvalue weighted by Gasteiger charge is -2.31. The Morgan fingerprint density at radius 2 is 0.820 bits per heavy atom. The summed E-state index contributed by atoms with van der Waals surface area (Å²) < 4.78 is 2.62. The molecule has 0 aliphatic heterocycles. The van der Waals surface area contributed by atoms with Gasteiger partial charge in [0.05, 0.1) is 11.4 Å². The van der Waals surface area contributed by atoms with Crippen LogP contribution in [0.4, 0.5) is 17.1 Å². The number of thiophene rings is 1. The van der Waals surface area contributed by atoms with Gasteiger partial charge in [-0.3, -0.25) is 0 Å². The smallest absolute Gasteiger partial charge is 0.0546 e. The van der Waals surface area contributed by atoms with Crippen molar-refractivity contribution in [3.63, 3.8) is 0 Å². The Morgan fingerprint density at radius 3 is 1.58 bits per heavy atom. The highest BCUT2D eigenvalue weighted by atomic mass is 32.1. The van der Waals surface area contributed by atoms with Crippen LogP contribution in [0.2, 0.25) is 0 Å². The summed E-state index contributed by atoms with van der Waals surface area (Å²) in [6.45, 7) is 0. The number of hydrogen-bond acceptors (Lipinski definition) is 2. The lowest BCUT2D eigenvalue weighted by Crippen LogP contribution is -2.13. The first kappa shape index (κ1) is 29.9. The van der Waals surface area contributed by atoms with E-state index in [2.05, 4.69) is 205 Å². The predicted molar refractivity (Wildman–Crippen MR) is 216 cm³/mol. The molecule has 0 saturated heterocycles. The molecule has 0 saturated carbocycles. The SMILES string of the molecule is c1ccc(-c2ccccc2-c2c(-c3ccccc3)cccc2N(c2ccccc2)c2ccccc2-c2cccc3c2sc2ccccc23)cc1. The van der Waals surface area contributed by atoms with Crippen LogP contribution in [0, 0.1) is 0 Å². The Hall–Kier alpha value is -6.22. The molecule has 0 amide bonds. The highest BCUT2D eigenvalue weighted by Crippen LogP contribution is 2.50. The number of fused-ring (bicyclic) bond motifs is 3. The largest absolute Gasteiger partial charge is 0.309 e. The third kappa shape index (κ3) is 5.27. The van der Waals surface area contributed by atoms with Gasteiger partial charge in [0.25, 0.3) is 0 Å². The van der Waals surface area contributed by atoms with Crippen LogP contribution in [0.15, 0.2) is 200 Å². The van der Waals surface area contributed by atoms with Crippen LogP contribution >= 0.6 is 11.3 Å². The molecule has 8 aromatic carbocycles. The highest BCUT2D eigenvalue weighted by Gasteiger charge is 2.25. The predicted octanol–water partition coefficient (Wildman–Crippen LogP) is 14.2. The lowest BCUT2D eigenvalue weighted by atomic mass is 9.87. The summed E-state index contributed by atoms with van der Waals surface area (Å²) >= 11 is 1.88. The summed E-state index contributed by atoms with van der Waals surface area (Å²) in [6.07, 6.45) is 0. The summed E-state index contributed by atoms with van der Waals surface area (Å²) in [5.41, 5.74) is 13.0. The fourth-order valence-corrected chi connectivity index (χ4v) is 8.51. The van der Waals surface area contributed by atoms with Gasteiger partial charge in [0, 0.05) is 42.6 Å². The highest BCUT2D eigenvalue weighted by molar-refractivity contribution is 7.26. The summed E-state index contributed by atoms with van der Waals surface area (Å²) in [4.78, 5) is 2.46. The number of benzene rings is 8. The second kappa shape index (κ2) is 13.0. The maximum Gasteiger partial charge on any atom is 0.0546 e. The molecular weight excluding hydrogens is 623 g/mol. The van der Waals surface area contributed by atoms with Crippen molar-refractivity contribution in [1.29, 1.82) is 0 Å². The molecule has 1 nitrogen and oxygen atoms in total. The van der Waals surface area contributed by atoms with E-state index in [1.54, 1.807) is 0 Å². The average Bonchev–Trinajstić information content (AvgIpc) is 3.58. The fourth-order valence-electron chi connectivity index (χ4n) is 7.28. The van der Waals surface area contributed by atoms with Crippen molar-refractivity contribution < 1.29 is 0 Å². The van der Waals surface area contributed by atoms with E-state index in [1.807, 2.05) is 11.3 Å². The van der Waals surface area contributed by atoms with Crippen LogP contribution in [-0.2, 0) is 0 Å². The molecule has 0 aliphatic carbocycles. The molecule has 0 N–H and O–H groups in total. The van der Waals surface area contributed by atoms with Crippen LogP contribution in [0.1, 0.15) is 0 Å². The van der Waals surface area contributed by atoms with E-state index in [9.17, 15) is 0 Å². The molecule has 0 bridgehead atoms. The van der Waals surface area contributed by atoms with Gasteiger partial charge in [-0.15, -0.1) is 11.3 Å². The van der Waals surface area contributed by atoms with E-state index in [0.29, 0.717) is 0 Å². The first-order valence-corrected chi connectivity index (χ1v) is 17.8. The molecule has 50 heavy (non-hydrogen) atoms. The quantitative estimate of drug-likeness (QED) is 0.165. The van der Waals surface area contributed by atoms with E-state index in [4.69, 9.17) is 0 Å². The van der Waals surface area contributed by atoms with E-state index in [1.165, 1.54) is 64.7 Å². The zero-order valence-electron chi connectivity index (χ0n) is 27.4. The van der Waals surface area contributed by atoms with Gasteiger partial charge in [-0.25, -0.2) is 0 Å². The number of anilines is 3. The molecule has 1 aromatic heterocycles. The van der Waals surface area contributed by atoms with Crippen LogP contribution < -0.4 is 4.90 Å². The Kier molecular flexibility index (Phi) is 7.77. The molecule has 0 fully saturated rings. The van der Waals surface area contributed by atoms with E-state index in [0.717, 1.165) is 17.1 Å². The van der Waals surface area contributed by atoms with Gasteiger partial charge >= 0.3 is 0 Å². The molecule has 0 unspecified atom stereocenters. The first-order chi connectivity index (χ1) is 24.8. The molecule has 236 valence electrons. The van der Waals surface area contributed by atoms with E-state index >= 15 is 0 Å². The van der Waals surface area contributed by atoms with Gasteiger partial charge in [0.15, 0.2) is 0 Å². The van der Waals surface area contributed by atoms with Gasteiger partial charge in [-0.1, -0.05) is 170 Å². The molecule has 9 aromatic rings. The molecule has 0 atom stereocenters. The van der Waals surface area contributed by atoms with Gasteiger partial charge in [-0.05, 0) is 58.1 Å². The van der Waals surface area contributed by atoms with Crippen LogP contribution in [-0.4, -0.2) is 0 Å². The third-order valence-corrected chi connectivity index (χ3v) is 10.7. The molecule has 0 aliphatic rings. The third-order valence-electron chi connectivity index (χ3n) is 9.50. The standard InChI is InChI=1S/C48H33NS/c1-4-18-34(19-5-1)37-24-10-11-27-41(37)47-38(35-20-6-2-7-21-35)28-17-32-45(47)49(36-22-8-3-9-23-36)44-31-14-12-25-39(44)42-29-16-30-43-40-26-13-15-33-46(40)50-48(42)43/h1-33H. The number of hydrogen-bond donors (Lipinski definition) is 0. The summed E-state index contributed by atoms with van der Waals surface area (Å²) in [7, 11) is 0. The summed E-state index contributed by atoms with van der Waals surface area (Å²) in [6, 6.07) is 72.3. The van der Waals surface area contributed by atoms with Crippen molar-refractivity contribution >= 4 is 48.6 Å². The fraction of sp³-hybridized carbons (Fsp3) is 0. The maximum absolute atomic E-state index is 2.46. The van der Waals surface area contributed by atoms with Crippen LogP contribution in [0.5, 0.6) is 0 Å². The monoisotopic (exact) mass is 655 g/mol. The van der Waals surface area contributed by atoms with Crippen molar-refractivity contribution in [2.45, 2.75) is 0 Å². The first-order valence-electron chi connectivity index (χ1n) is 17.0. The van der Waals surface area contributed by atoms with Crippen molar-refractivity contribution in [3.05, 3.63) is 200 Å². The second-order valence-corrected chi connectivity index (χ2v) is 13.5. The van der Waals surface area contributed by atoms with Crippen LogP contribution in [0.3, 0.4) is 0 Å². The minimum atomic E-state index is 1.10. The van der Waals surface area contributed by atoms with Crippen LogP contribution in [0.25, 0.3) is 64.7 Å². The minimum absolute atomic E-state index is 1.10. The normalized spacial score (nSPS) is 11.2. The second-order valence-electron chi connectivity index (χ2n) is 12.4. The molecule has 9 rings (SSSR count). The molecule has 0 spiro atoms. The van der Waals surface area contributed by atoms with Crippen molar-refractivity contribution in [3.8, 4) is 44.5 Å². The molecular formula is C48H33NS. The zero-order valence-corrected chi connectivity index (χ0v) is 28.2. The van der Waals surface area contributed by atoms with Crippen molar-refractivity contribution in [1.82, 2.24) is 0 Å². The molecule has 0 radical (unpaired) electrons. The minimum Gasteiger partial charge on any atom is -0.309 e. The summed E-state index contributed by atoms with van der Waals surface area (Å²) in [5.74, 6) is 0. The van der Waals surface area contributed by atoms with Gasteiger partial charge < -0.3 is 4.90 Å². The molecule has 2 heteroatoms. The number of rotatable bonds is 7. The average molecular weight is 656 g/mol. The van der Waals surface area contributed by atoms with Crippen molar-refractivity contribution in [2.24, 2.45) is 0 Å². The zero-order chi connectivity index (χ0) is 33.3. The molecule has 1 heterocycles. The Morgan fingerprint density at radius 1 is 0.320 bits per heavy atom.